The minimum atomic E-state index is -4.29. The van der Waals surface area contributed by atoms with E-state index in [9.17, 15) is 13.2 Å². The van der Waals surface area contributed by atoms with Gasteiger partial charge in [-0.1, -0.05) is 17.9 Å². The number of pyridine rings is 1. The Bertz CT molecular complexity index is 1420. The van der Waals surface area contributed by atoms with Crippen LogP contribution in [0.2, 0.25) is 0 Å². The topological polar surface area (TPSA) is 59.2 Å². The minimum absolute atomic E-state index is 0.0740. The van der Waals surface area contributed by atoms with E-state index in [0.717, 1.165) is 29.6 Å². The molecule has 0 saturated heterocycles. The zero-order valence-corrected chi connectivity index (χ0v) is 16.9. The molecule has 6 rings (SSSR count). The maximum absolute atomic E-state index is 13.3. The summed E-state index contributed by atoms with van der Waals surface area (Å²) in [5.74, 6) is 6.51. The van der Waals surface area contributed by atoms with E-state index in [1.54, 1.807) is 23.0 Å². The third-order valence-corrected chi connectivity index (χ3v) is 6.23. The SMILES string of the molecule is FC(F)(F)C1(C#Cc2cccc3c2CCCN3c2nc3nncn3c3cccnc23)CC1. The first-order chi connectivity index (χ1) is 15.5. The van der Waals surface area contributed by atoms with Crippen LogP contribution in [-0.4, -0.2) is 37.3 Å². The van der Waals surface area contributed by atoms with E-state index in [2.05, 4.69) is 31.9 Å². The van der Waals surface area contributed by atoms with E-state index in [1.807, 2.05) is 24.3 Å². The van der Waals surface area contributed by atoms with Gasteiger partial charge in [-0.2, -0.15) is 18.2 Å². The molecule has 1 aliphatic heterocycles. The second-order valence-corrected chi connectivity index (χ2v) is 8.20. The van der Waals surface area contributed by atoms with Gasteiger partial charge in [-0.15, -0.1) is 10.2 Å². The zero-order valence-electron chi connectivity index (χ0n) is 16.9. The number of halogens is 3. The first-order valence-electron chi connectivity index (χ1n) is 10.4. The lowest BCUT2D eigenvalue weighted by molar-refractivity contribution is -0.168. The Morgan fingerprint density at radius 1 is 1.09 bits per heavy atom. The summed E-state index contributed by atoms with van der Waals surface area (Å²) in [4.78, 5) is 11.3. The quantitative estimate of drug-likeness (QED) is 0.414. The first kappa shape index (κ1) is 19.0. The van der Waals surface area contributed by atoms with E-state index in [0.29, 0.717) is 29.2 Å². The Morgan fingerprint density at radius 2 is 1.97 bits per heavy atom. The number of hydrogen-bond donors (Lipinski definition) is 0. The van der Waals surface area contributed by atoms with Crippen molar-refractivity contribution in [2.45, 2.75) is 31.9 Å². The summed E-state index contributed by atoms with van der Waals surface area (Å²) in [6, 6.07) is 9.37. The van der Waals surface area contributed by atoms with Crippen molar-refractivity contribution in [3.05, 3.63) is 54.0 Å². The van der Waals surface area contributed by atoms with E-state index in [-0.39, 0.29) is 12.8 Å². The van der Waals surface area contributed by atoms with Crippen LogP contribution in [0.25, 0.3) is 16.8 Å². The molecule has 160 valence electrons. The highest BCUT2D eigenvalue weighted by Gasteiger charge is 2.62. The van der Waals surface area contributed by atoms with E-state index < -0.39 is 11.6 Å². The van der Waals surface area contributed by atoms with Gasteiger partial charge in [-0.05, 0) is 55.5 Å². The lowest BCUT2D eigenvalue weighted by Gasteiger charge is -2.31. The normalized spacial score (nSPS) is 17.2. The highest BCUT2D eigenvalue weighted by atomic mass is 19.4. The van der Waals surface area contributed by atoms with Crippen molar-refractivity contribution in [3.8, 4) is 11.8 Å². The summed E-state index contributed by atoms with van der Waals surface area (Å²) in [7, 11) is 0. The summed E-state index contributed by atoms with van der Waals surface area (Å²) in [5, 5.41) is 8.07. The Balaban J connectivity index is 1.49. The predicted molar refractivity (Wildman–Crippen MR) is 112 cm³/mol. The van der Waals surface area contributed by atoms with Crippen LogP contribution in [0.5, 0.6) is 0 Å². The molecule has 32 heavy (non-hydrogen) atoms. The van der Waals surface area contributed by atoms with Crippen molar-refractivity contribution in [1.82, 2.24) is 24.6 Å². The second kappa shape index (κ2) is 6.66. The van der Waals surface area contributed by atoms with Gasteiger partial charge in [0.2, 0.25) is 0 Å². The second-order valence-electron chi connectivity index (χ2n) is 8.20. The summed E-state index contributed by atoms with van der Waals surface area (Å²) in [6.07, 6.45) is 0.738. The number of hydrogen-bond acceptors (Lipinski definition) is 5. The monoisotopic (exact) mass is 434 g/mol. The van der Waals surface area contributed by atoms with Gasteiger partial charge < -0.3 is 4.90 Å². The molecule has 1 aromatic carbocycles. The van der Waals surface area contributed by atoms with Crippen molar-refractivity contribution in [1.29, 1.82) is 0 Å². The van der Waals surface area contributed by atoms with Crippen LogP contribution in [0, 0.1) is 17.3 Å². The van der Waals surface area contributed by atoms with E-state index in [4.69, 9.17) is 4.98 Å². The lowest BCUT2D eigenvalue weighted by Crippen LogP contribution is -2.26. The molecule has 0 radical (unpaired) electrons. The smallest absolute Gasteiger partial charge is 0.324 e. The third-order valence-electron chi connectivity index (χ3n) is 6.23. The van der Waals surface area contributed by atoms with Crippen LogP contribution in [0.4, 0.5) is 24.7 Å². The van der Waals surface area contributed by atoms with Crippen LogP contribution in [-0.2, 0) is 6.42 Å². The van der Waals surface area contributed by atoms with E-state index >= 15 is 0 Å². The average Bonchev–Trinajstić information content (AvgIpc) is 3.46. The number of rotatable bonds is 1. The van der Waals surface area contributed by atoms with Gasteiger partial charge in [-0.25, -0.2) is 0 Å². The summed E-state index contributed by atoms with van der Waals surface area (Å²) in [5.41, 5.74) is 2.17. The molecule has 2 aliphatic rings. The van der Waals surface area contributed by atoms with Crippen molar-refractivity contribution < 1.29 is 13.2 Å². The molecule has 1 fully saturated rings. The highest BCUT2D eigenvalue weighted by Crippen LogP contribution is 2.57. The molecule has 0 unspecified atom stereocenters. The third kappa shape index (κ3) is 2.83. The van der Waals surface area contributed by atoms with E-state index in [1.165, 1.54) is 0 Å². The number of aromatic nitrogens is 5. The van der Waals surface area contributed by atoms with Gasteiger partial charge >= 0.3 is 6.18 Å². The average molecular weight is 434 g/mol. The minimum Gasteiger partial charge on any atom is -0.324 e. The molecule has 6 nitrogen and oxygen atoms in total. The summed E-state index contributed by atoms with van der Waals surface area (Å²) in [6.45, 7) is 0.708. The number of nitrogens with zero attached hydrogens (tertiary/aromatic N) is 6. The zero-order chi connectivity index (χ0) is 21.9. The molecule has 4 aromatic rings. The Hall–Kier alpha value is -3.67. The molecule has 0 N–H and O–H groups in total. The number of fused-ring (bicyclic) bond motifs is 4. The standard InChI is InChI=1S/C23H17F3N6/c24-23(25,26)22(10-11-22)9-8-15-4-1-6-17-16(15)5-3-13-31(17)20-19-18(7-2-12-27-19)32-14-28-30-21(32)29-20/h1-2,4,6-7,12,14H,3,5,10-11,13H2. The van der Waals surface area contributed by atoms with Gasteiger partial charge in [0.15, 0.2) is 5.82 Å². The van der Waals surface area contributed by atoms with Crippen molar-refractivity contribution in [3.63, 3.8) is 0 Å². The van der Waals surface area contributed by atoms with Crippen molar-refractivity contribution in [2.75, 3.05) is 11.4 Å². The number of anilines is 2. The number of alkyl halides is 3. The molecular formula is C23H17F3N6. The van der Waals surface area contributed by atoms with Gasteiger partial charge in [0.05, 0.1) is 5.52 Å². The van der Waals surface area contributed by atoms with Crippen molar-refractivity contribution in [2.24, 2.45) is 5.41 Å². The van der Waals surface area contributed by atoms with Crippen LogP contribution in [0.1, 0.15) is 30.4 Å². The van der Waals surface area contributed by atoms with Crippen LogP contribution in [0.15, 0.2) is 42.9 Å². The molecule has 0 bridgehead atoms. The maximum atomic E-state index is 13.3. The molecule has 3 aromatic heterocycles. The molecule has 0 amide bonds. The molecule has 4 heterocycles. The predicted octanol–water partition coefficient (Wildman–Crippen LogP) is 4.45. The van der Waals surface area contributed by atoms with Crippen LogP contribution < -0.4 is 4.90 Å². The molecule has 1 saturated carbocycles. The first-order valence-corrected chi connectivity index (χ1v) is 10.4. The van der Waals surface area contributed by atoms with Crippen molar-refractivity contribution >= 4 is 28.3 Å². The number of benzene rings is 1. The Labute approximate surface area is 181 Å². The molecular weight excluding hydrogens is 417 g/mol. The summed E-state index contributed by atoms with van der Waals surface area (Å²) < 4.78 is 41.8. The highest BCUT2D eigenvalue weighted by molar-refractivity contribution is 5.90. The maximum Gasteiger partial charge on any atom is 0.405 e. The Morgan fingerprint density at radius 3 is 2.78 bits per heavy atom. The fourth-order valence-corrected chi connectivity index (χ4v) is 4.33. The fraction of sp³-hybridized carbons (Fsp3) is 0.304. The lowest BCUT2D eigenvalue weighted by atomic mass is 9.95. The summed E-state index contributed by atoms with van der Waals surface area (Å²) >= 11 is 0. The largest absolute Gasteiger partial charge is 0.405 e. The molecule has 1 aliphatic carbocycles. The Kier molecular flexibility index (Phi) is 3.97. The van der Waals surface area contributed by atoms with Gasteiger partial charge in [0, 0.05) is 24.0 Å². The molecule has 9 heteroatoms. The van der Waals surface area contributed by atoms with Gasteiger partial charge in [0.1, 0.15) is 17.3 Å². The molecule has 0 spiro atoms. The van der Waals surface area contributed by atoms with Gasteiger partial charge in [0.25, 0.3) is 5.78 Å². The fourth-order valence-electron chi connectivity index (χ4n) is 4.33. The van der Waals surface area contributed by atoms with Gasteiger partial charge in [-0.3, -0.25) is 9.38 Å². The van der Waals surface area contributed by atoms with Crippen LogP contribution >= 0.6 is 0 Å². The molecule has 0 atom stereocenters. The van der Waals surface area contributed by atoms with Crippen LogP contribution in [0.3, 0.4) is 0 Å².